The highest BCUT2D eigenvalue weighted by molar-refractivity contribution is 5.98. The monoisotopic (exact) mass is 264 g/mol. The van der Waals surface area contributed by atoms with Crippen LogP contribution in [0.15, 0.2) is 18.2 Å². The van der Waals surface area contributed by atoms with Gasteiger partial charge in [-0.1, -0.05) is 27.7 Å². The summed E-state index contributed by atoms with van der Waals surface area (Å²) in [5, 5.41) is 0. The van der Waals surface area contributed by atoms with E-state index in [4.69, 9.17) is 9.47 Å². The van der Waals surface area contributed by atoms with Gasteiger partial charge in [0.15, 0.2) is 17.3 Å². The van der Waals surface area contributed by atoms with Gasteiger partial charge in [-0.3, -0.25) is 4.79 Å². The van der Waals surface area contributed by atoms with Crippen LogP contribution in [0.25, 0.3) is 0 Å². The van der Waals surface area contributed by atoms with Gasteiger partial charge in [0.1, 0.15) is 0 Å². The second kappa shape index (κ2) is 7.82. The van der Waals surface area contributed by atoms with Crippen LogP contribution in [0, 0.1) is 5.92 Å². The lowest BCUT2D eigenvalue weighted by Crippen LogP contribution is -2.08. The van der Waals surface area contributed by atoms with Gasteiger partial charge >= 0.3 is 0 Å². The number of rotatable bonds is 8. The van der Waals surface area contributed by atoms with Crippen molar-refractivity contribution in [2.45, 2.75) is 40.5 Å². The third-order valence-electron chi connectivity index (χ3n) is 2.68. The minimum atomic E-state index is -0.0126. The molecule has 0 aromatic heterocycles. The van der Waals surface area contributed by atoms with Crippen molar-refractivity contribution >= 4 is 5.78 Å². The largest absolute Gasteiger partial charge is 0.490 e. The van der Waals surface area contributed by atoms with Crippen molar-refractivity contribution in [1.29, 1.82) is 0 Å². The van der Waals surface area contributed by atoms with Crippen molar-refractivity contribution in [2.24, 2.45) is 5.92 Å². The van der Waals surface area contributed by atoms with Crippen molar-refractivity contribution in [3.63, 3.8) is 0 Å². The average molecular weight is 264 g/mol. The Kier molecular flexibility index (Phi) is 6.40. The first kappa shape index (κ1) is 15.5. The normalized spacial score (nSPS) is 10.6. The highest BCUT2D eigenvalue weighted by Crippen LogP contribution is 2.29. The first-order valence-corrected chi connectivity index (χ1v) is 7.04. The molecule has 0 N–H and O–H groups in total. The number of ketones is 1. The third kappa shape index (κ3) is 4.58. The molecule has 0 fully saturated rings. The lowest BCUT2D eigenvalue weighted by molar-refractivity contribution is 0.0939. The number of Topliss-reactive ketones (excluding diaryl/α,β-unsaturated/α-hetero) is 1. The molecule has 19 heavy (non-hydrogen) atoms. The van der Waals surface area contributed by atoms with Crippen molar-refractivity contribution in [3.05, 3.63) is 23.8 Å². The quantitative estimate of drug-likeness (QED) is 0.663. The van der Waals surface area contributed by atoms with Gasteiger partial charge in [0.2, 0.25) is 0 Å². The number of hydrogen-bond acceptors (Lipinski definition) is 3. The summed E-state index contributed by atoms with van der Waals surface area (Å²) in [6.07, 6.45) is 1.87. The van der Waals surface area contributed by atoms with Gasteiger partial charge in [-0.25, -0.2) is 0 Å². The molecule has 0 radical (unpaired) electrons. The SMILES string of the molecule is CCCOc1ccc(C(=O)C(C)C)cc1OCCC. The van der Waals surface area contributed by atoms with Crippen LogP contribution in [0.2, 0.25) is 0 Å². The highest BCUT2D eigenvalue weighted by Gasteiger charge is 2.14. The van der Waals surface area contributed by atoms with Crippen molar-refractivity contribution in [2.75, 3.05) is 13.2 Å². The van der Waals surface area contributed by atoms with Gasteiger partial charge in [-0.15, -0.1) is 0 Å². The van der Waals surface area contributed by atoms with Crippen LogP contribution in [-0.2, 0) is 0 Å². The molecule has 0 aliphatic rings. The van der Waals surface area contributed by atoms with Crippen LogP contribution in [0.4, 0.5) is 0 Å². The average Bonchev–Trinajstić information content (AvgIpc) is 2.42. The van der Waals surface area contributed by atoms with Gasteiger partial charge in [-0.2, -0.15) is 0 Å². The first-order valence-electron chi connectivity index (χ1n) is 7.04. The van der Waals surface area contributed by atoms with Crippen LogP contribution in [0.3, 0.4) is 0 Å². The van der Waals surface area contributed by atoms with Crippen LogP contribution in [-0.4, -0.2) is 19.0 Å². The van der Waals surface area contributed by atoms with E-state index in [-0.39, 0.29) is 11.7 Å². The number of benzene rings is 1. The number of carbonyl (C=O) groups is 1. The molecule has 3 heteroatoms. The zero-order valence-electron chi connectivity index (χ0n) is 12.4. The van der Waals surface area contributed by atoms with Crippen molar-refractivity contribution in [1.82, 2.24) is 0 Å². The van der Waals surface area contributed by atoms with E-state index in [1.807, 2.05) is 26.0 Å². The number of carbonyl (C=O) groups excluding carboxylic acids is 1. The van der Waals surface area contributed by atoms with E-state index in [1.165, 1.54) is 0 Å². The molecule has 1 rings (SSSR count). The lowest BCUT2D eigenvalue weighted by Gasteiger charge is -2.14. The molecular weight excluding hydrogens is 240 g/mol. The van der Waals surface area contributed by atoms with E-state index >= 15 is 0 Å². The molecule has 0 spiro atoms. The number of ether oxygens (including phenoxy) is 2. The zero-order valence-corrected chi connectivity index (χ0v) is 12.4. The minimum absolute atomic E-state index is 0.0126. The fourth-order valence-corrected chi connectivity index (χ4v) is 1.65. The summed E-state index contributed by atoms with van der Waals surface area (Å²) in [7, 11) is 0. The Balaban J connectivity index is 2.96. The van der Waals surface area contributed by atoms with Crippen LogP contribution < -0.4 is 9.47 Å². The van der Waals surface area contributed by atoms with E-state index in [0.717, 1.165) is 18.6 Å². The molecule has 0 bridgehead atoms. The minimum Gasteiger partial charge on any atom is -0.490 e. The molecule has 0 aliphatic heterocycles. The molecule has 0 unspecified atom stereocenters. The van der Waals surface area contributed by atoms with Crippen LogP contribution >= 0.6 is 0 Å². The van der Waals surface area contributed by atoms with E-state index < -0.39 is 0 Å². The topological polar surface area (TPSA) is 35.5 Å². The molecule has 106 valence electrons. The second-order valence-corrected chi connectivity index (χ2v) is 4.88. The molecule has 3 nitrogen and oxygen atoms in total. The summed E-state index contributed by atoms with van der Waals surface area (Å²) in [4.78, 5) is 12.0. The summed E-state index contributed by atoms with van der Waals surface area (Å²) in [6.45, 7) is 9.19. The maximum atomic E-state index is 12.0. The third-order valence-corrected chi connectivity index (χ3v) is 2.68. The molecular formula is C16H24O3. The summed E-state index contributed by atoms with van der Waals surface area (Å²) in [5.74, 6) is 1.50. The molecule has 1 aromatic rings. The van der Waals surface area contributed by atoms with E-state index in [2.05, 4.69) is 13.8 Å². The Hall–Kier alpha value is -1.51. The Morgan fingerprint density at radius 3 is 2.16 bits per heavy atom. The van der Waals surface area contributed by atoms with E-state index in [1.54, 1.807) is 6.07 Å². The van der Waals surface area contributed by atoms with Crippen molar-refractivity contribution < 1.29 is 14.3 Å². The first-order chi connectivity index (χ1) is 9.10. The van der Waals surface area contributed by atoms with Crippen LogP contribution in [0.1, 0.15) is 50.9 Å². The van der Waals surface area contributed by atoms with Gasteiger partial charge in [0.05, 0.1) is 13.2 Å². The predicted octanol–water partition coefficient (Wildman–Crippen LogP) is 4.10. The smallest absolute Gasteiger partial charge is 0.165 e. The Labute approximate surface area is 115 Å². The Morgan fingerprint density at radius 1 is 1.05 bits per heavy atom. The van der Waals surface area contributed by atoms with Gasteiger partial charge in [0.25, 0.3) is 0 Å². The van der Waals surface area contributed by atoms with Crippen molar-refractivity contribution in [3.8, 4) is 11.5 Å². The van der Waals surface area contributed by atoms with Gasteiger partial charge < -0.3 is 9.47 Å². The van der Waals surface area contributed by atoms with E-state index in [0.29, 0.717) is 24.5 Å². The van der Waals surface area contributed by atoms with Gasteiger partial charge in [-0.05, 0) is 31.0 Å². The predicted molar refractivity (Wildman–Crippen MR) is 77.2 cm³/mol. The summed E-state index contributed by atoms with van der Waals surface area (Å²) < 4.78 is 11.3. The molecule has 0 saturated heterocycles. The fraction of sp³-hybridized carbons (Fsp3) is 0.562. The lowest BCUT2D eigenvalue weighted by atomic mass is 10.0. The summed E-state index contributed by atoms with van der Waals surface area (Å²) in [5.41, 5.74) is 0.685. The van der Waals surface area contributed by atoms with E-state index in [9.17, 15) is 4.79 Å². The maximum absolute atomic E-state index is 12.0. The molecule has 0 amide bonds. The molecule has 0 heterocycles. The molecule has 0 atom stereocenters. The second-order valence-electron chi connectivity index (χ2n) is 4.88. The van der Waals surface area contributed by atoms with Crippen LogP contribution in [0.5, 0.6) is 11.5 Å². The molecule has 0 saturated carbocycles. The summed E-state index contributed by atoms with van der Waals surface area (Å²) >= 11 is 0. The Bertz CT molecular complexity index is 410. The maximum Gasteiger partial charge on any atom is 0.165 e. The molecule has 1 aromatic carbocycles. The van der Waals surface area contributed by atoms with Gasteiger partial charge in [0, 0.05) is 11.5 Å². The fourth-order valence-electron chi connectivity index (χ4n) is 1.65. The highest BCUT2D eigenvalue weighted by atomic mass is 16.5. The zero-order chi connectivity index (χ0) is 14.3. The number of hydrogen-bond donors (Lipinski definition) is 0. The Morgan fingerprint density at radius 2 is 1.63 bits per heavy atom. The molecule has 0 aliphatic carbocycles. The standard InChI is InChI=1S/C16H24O3/c1-5-9-18-14-8-7-13(16(17)12(3)4)11-15(14)19-10-6-2/h7-8,11-12H,5-6,9-10H2,1-4H3. The summed E-state index contributed by atoms with van der Waals surface area (Å²) in [6, 6.07) is 5.44.